The van der Waals surface area contributed by atoms with E-state index < -0.39 is 11.9 Å². The van der Waals surface area contributed by atoms with Gasteiger partial charge in [-0.05, 0) is 6.42 Å². The highest BCUT2D eigenvalue weighted by molar-refractivity contribution is 5.78. The van der Waals surface area contributed by atoms with Crippen molar-refractivity contribution in [1.29, 1.82) is 0 Å². The van der Waals surface area contributed by atoms with E-state index in [1.807, 2.05) is 6.92 Å². The summed E-state index contributed by atoms with van der Waals surface area (Å²) >= 11 is 0. The number of carbonyl (C=O) groups excluding carboxylic acids is 1. The van der Waals surface area contributed by atoms with Gasteiger partial charge in [-0.25, -0.2) is 4.68 Å². The van der Waals surface area contributed by atoms with Gasteiger partial charge in [-0.15, -0.1) is 5.10 Å². The Kier molecular flexibility index (Phi) is 2.27. The normalized spacial score (nSPS) is 12.8. The summed E-state index contributed by atoms with van der Waals surface area (Å²) in [6.45, 7) is 1.84. The molecule has 6 heteroatoms. The Balaban J connectivity index is 2.87. The summed E-state index contributed by atoms with van der Waals surface area (Å²) in [5, 5.41) is 7.20. The first-order chi connectivity index (χ1) is 5.65. The second kappa shape index (κ2) is 3.21. The van der Waals surface area contributed by atoms with E-state index in [0.717, 1.165) is 0 Å². The quantitative estimate of drug-likeness (QED) is 0.624. The molecule has 66 valence electrons. The fourth-order valence-electron chi connectivity index (χ4n) is 0.961. The third-order valence-electron chi connectivity index (χ3n) is 1.56. The van der Waals surface area contributed by atoms with Crippen LogP contribution in [0.2, 0.25) is 0 Å². The van der Waals surface area contributed by atoms with Crippen LogP contribution in [-0.2, 0) is 4.79 Å². The maximum absolute atomic E-state index is 10.8. The van der Waals surface area contributed by atoms with Crippen molar-refractivity contribution in [2.75, 3.05) is 5.73 Å². The molecule has 6 nitrogen and oxygen atoms in total. The minimum Gasteiger partial charge on any atom is -0.381 e. The van der Waals surface area contributed by atoms with Crippen molar-refractivity contribution in [2.24, 2.45) is 5.73 Å². The Morgan fingerprint density at radius 1 is 1.83 bits per heavy atom. The lowest BCUT2D eigenvalue weighted by molar-refractivity contribution is -0.121. The number of anilines is 1. The van der Waals surface area contributed by atoms with Gasteiger partial charge < -0.3 is 11.5 Å². The molecule has 0 bridgehead atoms. The number of nitrogens with zero attached hydrogens (tertiary/aromatic N) is 3. The van der Waals surface area contributed by atoms with E-state index in [4.69, 9.17) is 11.5 Å². The van der Waals surface area contributed by atoms with Crippen LogP contribution < -0.4 is 11.5 Å². The Morgan fingerprint density at radius 3 is 2.83 bits per heavy atom. The maximum Gasteiger partial charge on any atom is 0.242 e. The first-order valence-electron chi connectivity index (χ1n) is 3.61. The van der Waals surface area contributed by atoms with E-state index in [0.29, 0.717) is 6.42 Å². The molecule has 1 unspecified atom stereocenters. The van der Waals surface area contributed by atoms with E-state index in [-0.39, 0.29) is 5.82 Å². The van der Waals surface area contributed by atoms with Crippen molar-refractivity contribution in [3.8, 4) is 0 Å². The van der Waals surface area contributed by atoms with Crippen LogP contribution in [0, 0.1) is 0 Å². The topological polar surface area (TPSA) is 99.8 Å². The third kappa shape index (κ3) is 1.52. The average Bonchev–Trinajstić information content (AvgIpc) is 2.37. The summed E-state index contributed by atoms with van der Waals surface area (Å²) in [5.74, 6) is -0.142. The summed E-state index contributed by atoms with van der Waals surface area (Å²) in [6.07, 6.45) is 2.07. The summed E-state index contributed by atoms with van der Waals surface area (Å²) in [6, 6.07) is -0.449. The van der Waals surface area contributed by atoms with E-state index in [1.165, 1.54) is 10.9 Å². The van der Waals surface area contributed by atoms with E-state index >= 15 is 0 Å². The Labute approximate surface area is 69.5 Å². The number of nitrogen functional groups attached to an aromatic ring is 1. The highest BCUT2D eigenvalue weighted by Gasteiger charge is 2.15. The van der Waals surface area contributed by atoms with Crippen molar-refractivity contribution < 1.29 is 4.79 Å². The van der Waals surface area contributed by atoms with Crippen molar-refractivity contribution in [3.63, 3.8) is 0 Å². The molecule has 0 saturated heterocycles. The van der Waals surface area contributed by atoms with E-state index in [2.05, 4.69) is 10.3 Å². The molecule has 0 aliphatic rings. The van der Waals surface area contributed by atoms with Gasteiger partial charge in [-0.1, -0.05) is 12.1 Å². The average molecular weight is 169 g/mol. The fraction of sp³-hybridized carbons (Fsp3) is 0.500. The van der Waals surface area contributed by atoms with E-state index in [1.54, 1.807) is 0 Å². The predicted octanol–water partition coefficient (Wildman–Crippen LogP) is -0.703. The molecule has 12 heavy (non-hydrogen) atoms. The van der Waals surface area contributed by atoms with Crippen LogP contribution in [0.25, 0.3) is 0 Å². The molecule has 1 aromatic heterocycles. The molecule has 1 aromatic rings. The molecule has 0 aromatic carbocycles. The molecular weight excluding hydrogens is 158 g/mol. The number of hydrogen-bond acceptors (Lipinski definition) is 4. The number of nitrogens with two attached hydrogens (primary N) is 2. The highest BCUT2D eigenvalue weighted by atomic mass is 16.1. The first-order valence-corrected chi connectivity index (χ1v) is 3.61. The Hall–Kier alpha value is -1.59. The van der Waals surface area contributed by atoms with Gasteiger partial charge in [0.25, 0.3) is 0 Å². The predicted molar refractivity (Wildman–Crippen MR) is 43.0 cm³/mol. The molecule has 1 amide bonds. The van der Waals surface area contributed by atoms with Gasteiger partial charge >= 0.3 is 0 Å². The number of amides is 1. The number of hydrogen-bond donors (Lipinski definition) is 2. The minimum absolute atomic E-state index is 0.287. The SMILES string of the molecule is CCC(C(N)=O)n1cc(N)nn1. The van der Waals surface area contributed by atoms with Crippen molar-refractivity contribution >= 4 is 11.7 Å². The van der Waals surface area contributed by atoms with Gasteiger partial charge in [0, 0.05) is 0 Å². The standard InChI is InChI=1S/C6H11N5O/c1-2-4(6(8)12)11-3-5(7)9-10-11/h3-4H,2,7H2,1H3,(H2,8,12). The monoisotopic (exact) mass is 169 g/mol. The van der Waals surface area contributed by atoms with Crippen LogP contribution in [0.15, 0.2) is 6.20 Å². The molecule has 1 heterocycles. The number of primary amides is 1. The van der Waals surface area contributed by atoms with Crippen LogP contribution in [0.5, 0.6) is 0 Å². The zero-order chi connectivity index (χ0) is 9.14. The number of aromatic nitrogens is 3. The molecule has 0 spiro atoms. The minimum atomic E-state index is -0.449. The highest BCUT2D eigenvalue weighted by Crippen LogP contribution is 2.09. The van der Waals surface area contributed by atoms with Crippen molar-refractivity contribution in [2.45, 2.75) is 19.4 Å². The van der Waals surface area contributed by atoms with Crippen LogP contribution in [0.1, 0.15) is 19.4 Å². The van der Waals surface area contributed by atoms with Gasteiger partial charge in [0.2, 0.25) is 5.91 Å². The van der Waals surface area contributed by atoms with Gasteiger partial charge in [0.05, 0.1) is 6.20 Å². The van der Waals surface area contributed by atoms with Gasteiger partial charge in [-0.3, -0.25) is 4.79 Å². The fourth-order valence-corrected chi connectivity index (χ4v) is 0.961. The maximum atomic E-state index is 10.8. The summed E-state index contributed by atoms with van der Waals surface area (Å²) in [4.78, 5) is 10.8. The van der Waals surface area contributed by atoms with Crippen LogP contribution in [0.4, 0.5) is 5.82 Å². The van der Waals surface area contributed by atoms with Gasteiger partial charge in [0.15, 0.2) is 5.82 Å². The van der Waals surface area contributed by atoms with Gasteiger partial charge in [-0.2, -0.15) is 0 Å². The lowest BCUT2D eigenvalue weighted by atomic mass is 10.2. The smallest absolute Gasteiger partial charge is 0.242 e. The second-order valence-electron chi connectivity index (χ2n) is 2.45. The zero-order valence-corrected chi connectivity index (χ0v) is 6.77. The zero-order valence-electron chi connectivity index (χ0n) is 6.77. The first kappa shape index (κ1) is 8.51. The Bertz CT molecular complexity index is 281. The van der Waals surface area contributed by atoms with Crippen LogP contribution in [-0.4, -0.2) is 20.9 Å². The molecule has 4 N–H and O–H groups in total. The molecule has 0 aliphatic carbocycles. The second-order valence-corrected chi connectivity index (χ2v) is 2.45. The number of carbonyl (C=O) groups is 1. The molecule has 0 radical (unpaired) electrons. The summed E-state index contributed by atoms with van der Waals surface area (Å²) < 4.78 is 1.37. The van der Waals surface area contributed by atoms with Crippen LogP contribution in [0.3, 0.4) is 0 Å². The Morgan fingerprint density at radius 2 is 2.50 bits per heavy atom. The number of rotatable bonds is 3. The molecular formula is C6H11N5O. The lowest BCUT2D eigenvalue weighted by Gasteiger charge is -2.08. The summed E-state index contributed by atoms with van der Waals surface area (Å²) in [5.41, 5.74) is 10.4. The molecule has 1 rings (SSSR count). The van der Waals surface area contributed by atoms with E-state index in [9.17, 15) is 4.79 Å². The molecule has 0 saturated carbocycles. The lowest BCUT2D eigenvalue weighted by Crippen LogP contribution is -2.26. The largest absolute Gasteiger partial charge is 0.381 e. The summed E-state index contributed by atoms with van der Waals surface area (Å²) in [7, 11) is 0. The molecule has 1 atom stereocenters. The van der Waals surface area contributed by atoms with Crippen molar-refractivity contribution in [1.82, 2.24) is 15.0 Å². The van der Waals surface area contributed by atoms with Gasteiger partial charge in [0.1, 0.15) is 6.04 Å². The third-order valence-corrected chi connectivity index (χ3v) is 1.56. The van der Waals surface area contributed by atoms with Crippen LogP contribution >= 0.6 is 0 Å². The molecule has 0 aliphatic heterocycles. The van der Waals surface area contributed by atoms with Crippen molar-refractivity contribution in [3.05, 3.63) is 6.20 Å². The molecule has 0 fully saturated rings.